The van der Waals surface area contributed by atoms with E-state index in [2.05, 4.69) is 37.8 Å². The van der Waals surface area contributed by atoms with Crippen molar-refractivity contribution >= 4 is 23.4 Å². The van der Waals surface area contributed by atoms with Gasteiger partial charge >= 0.3 is 0 Å². The van der Waals surface area contributed by atoms with Crippen LogP contribution in [0.25, 0.3) is 0 Å². The minimum Gasteiger partial charge on any atom is -0.454 e. The fraction of sp³-hybridized carbons (Fsp3) is 0.167. The van der Waals surface area contributed by atoms with Crippen molar-refractivity contribution in [2.75, 3.05) is 12.2 Å². The first-order valence-electron chi connectivity index (χ1n) is 8.07. The molecule has 2 N–H and O–H groups in total. The molecule has 0 amide bonds. The summed E-state index contributed by atoms with van der Waals surface area (Å²) in [6, 6.07) is 15.9. The molecule has 8 heteroatoms. The largest absolute Gasteiger partial charge is 0.454 e. The lowest BCUT2D eigenvalue weighted by Crippen LogP contribution is -2.00. The molecule has 1 aromatic heterocycles. The number of H-pyrrole nitrogens is 1. The molecule has 3 aromatic rings. The monoisotopic (exact) mass is 367 g/mol. The van der Waals surface area contributed by atoms with E-state index in [-0.39, 0.29) is 6.79 Å². The van der Waals surface area contributed by atoms with E-state index in [4.69, 9.17) is 9.47 Å². The fourth-order valence-electron chi connectivity index (χ4n) is 2.41. The van der Waals surface area contributed by atoms with E-state index in [0.29, 0.717) is 11.1 Å². The first-order valence-corrected chi connectivity index (χ1v) is 9.06. The van der Waals surface area contributed by atoms with Crippen molar-refractivity contribution in [3.05, 3.63) is 59.7 Å². The normalized spacial score (nSPS) is 13.0. The minimum absolute atomic E-state index is 0.259. The van der Waals surface area contributed by atoms with Gasteiger partial charge in [0.2, 0.25) is 17.9 Å². The maximum atomic E-state index is 5.39. The Hall–Kier alpha value is -3.00. The van der Waals surface area contributed by atoms with Gasteiger partial charge in [-0.2, -0.15) is 10.1 Å². The summed E-state index contributed by atoms with van der Waals surface area (Å²) in [5.74, 6) is 2.80. The molecule has 0 spiro atoms. The molecule has 1 aliphatic rings. The molecule has 0 saturated heterocycles. The van der Waals surface area contributed by atoms with Gasteiger partial charge in [-0.05, 0) is 30.7 Å². The van der Waals surface area contributed by atoms with Gasteiger partial charge in [0, 0.05) is 11.3 Å². The van der Waals surface area contributed by atoms with Crippen LogP contribution in [0.2, 0.25) is 0 Å². The molecule has 7 nitrogen and oxygen atoms in total. The maximum Gasteiger partial charge on any atom is 0.240 e. The summed E-state index contributed by atoms with van der Waals surface area (Å²) in [6.07, 6.45) is 0. The van der Waals surface area contributed by atoms with Crippen molar-refractivity contribution in [3.63, 3.8) is 0 Å². The van der Waals surface area contributed by atoms with Gasteiger partial charge in [0.15, 0.2) is 11.5 Å². The number of thioether (sulfide) groups is 1. The summed E-state index contributed by atoms with van der Waals surface area (Å²) in [5, 5.41) is 12.1. The van der Waals surface area contributed by atoms with Crippen LogP contribution in [0, 0.1) is 0 Å². The molecular formula is C18H17N5O2S. The summed E-state index contributed by atoms with van der Waals surface area (Å²) >= 11 is 1.57. The molecule has 132 valence electrons. The van der Waals surface area contributed by atoms with Crippen LogP contribution >= 0.6 is 11.8 Å². The van der Waals surface area contributed by atoms with E-state index in [1.54, 1.807) is 11.8 Å². The summed E-state index contributed by atoms with van der Waals surface area (Å²) in [7, 11) is 0. The van der Waals surface area contributed by atoms with Crippen molar-refractivity contribution in [2.45, 2.75) is 17.8 Å². The average Bonchev–Trinajstić information content (AvgIpc) is 3.33. The molecular weight excluding hydrogens is 350 g/mol. The summed E-state index contributed by atoms with van der Waals surface area (Å²) in [4.78, 5) is 4.38. The van der Waals surface area contributed by atoms with E-state index in [1.165, 1.54) is 5.56 Å². The molecule has 2 heterocycles. The smallest absolute Gasteiger partial charge is 0.240 e. The summed E-state index contributed by atoms with van der Waals surface area (Å²) in [5.41, 5.74) is 5.88. The molecule has 0 saturated carbocycles. The van der Waals surface area contributed by atoms with Gasteiger partial charge < -0.3 is 9.47 Å². The standard InChI is InChI=1S/C18H17N5O2S/c1-12(14-7-8-15-16(9-14)25-11-24-15)20-21-17-19-18(23-22-17)26-10-13-5-3-2-4-6-13/h2-9H,10-11H2,1H3,(H2,19,21,22,23)/b20-12+. The van der Waals surface area contributed by atoms with E-state index in [9.17, 15) is 0 Å². The van der Waals surface area contributed by atoms with Gasteiger partial charge in [-0.1, -0.05) is 42.1 Å². The highest BCUT2D eigenvalue weighted by Crippen LogP contribution is 2.32. The number of hydrogen-bond acceptors (Lipinski definition) is 7. The second-order valence-corrected chi connectivity index (χ2v) is 6.56. The number of fused-ring (bicyclic) bond motifs is 1. The second kappa shape index (κ2) is 7.49. The number of anilines is 1. The lowest BCUT2D eigenvalue weighted by atomic mass is 10.1. The van der Waals surface area contributed by atoms with Gasteiger partial charge in [0.1, 0.15) is 0 Å². The molecule has 0 radical (unpaired) electrons. The number of aromatic amines is 1. The van der Waals surface area contributed by atoms with Gasteiger partial charge in [-0.25, -0.2) is 10.5 Å². The highest BCUT2D eigenvalue weighted by Gasteiger charge is 2.14. The van der Waals surface area contributed by atoms with Crippen molar-refractivity contribution in [1.82, 2.24) is 15.2 Å². The van der Waals surface area contributed by atoms with Gasteiger partial charge in [0.25, 0.3) is 0 Å². The Morgan fingerprint density at radius 3 is 2.92 bits per heavy atom. The third kappa shape index (κ3) is 3.80. The van der Waals surface area contributed by atoms with Crippen LogP contribution in [0.5, 0.6) is 11.5 Å². The third-order valence-electron chi connectivity index (χ3n) is 3.80. The summed E-state index contributed by atoms with van der Waals surface area (Å²) in [6.45, 7) is 2.17. The number of hydrazone groups is 1. The quantitative estimate of drug-likeness (QED) is 0.393. The zero-order chi connectivity index (χ0) is 17.8. The first-order chi connectivity index (χ1) is 12.8. The lowest BCUT2D eigenvalue weighted by Gasteiger charge is -2.03. The molecule has 0 bridgehead atoms. The Balaban J connectivity index is 1.37. The van der Waals surface area contributed by atoms with Crippen LogP contribution in [-0.4, -0.2) is 27.7 Å². The number of aromatic nitrogens is 3. The lowest BCUT2D eigenvalue weighted by molar-refractivity contribution is 0.174. The van der Waals surface area contributed by atoms with E-state index in [0.717, 1.165) is 28.5 Å². The molecule has 0 aliphatic carbocycles. The summed E-state index contributed by atoms with van der Waals surface area (Å²) < 4.78 is 10.7. The predicted molar refractivity (Wildman–Crippen MR) is 101 cm³/mol. The number of nitrogens with zero attached hydrogens (tertiary/aromatic N) is 3. The van der Waals surface area contributed by atoms with Crippen molar-refractivity contribution in [3.8, 4) is 11.5 Å². The van der Waals surface area contributed by atoms with Crippen molar-refractivity contribution in [1.29, 1.82) is 0 Å². The van der Waals surface area contributed by atoms with Gasteiger partial charge in [-0.15, -0.1) is 5.10 Å². The average molecular weight is 367 g/mol. The molecule has 0 unspecified atom stereocenters. The van der Waals surface area contributed by atoms with Crippen LogP contribution in [0.1, 0.15) is 18.1 Å². The first kappa shape index (κ1) is 16.5. The van der Waals surface area contributed by atoms with Crippen molar-refractivity contribution < 1.29 is 9.47 Å². The van der Waals surface area contributed by atoms with E-state index in [1.807, 2.05) is 43.3 Å². The van der Waals surface area contributed by atoms with Crippen LogP contribution < -0.4 is 14.9 Å². The van der Waals surface area contributed by atoms with E-state index < -0.39 is 0 Å². The van der Waals surface area contributed by atoms with Crippen LogP contribution in [0.4, 0.5) is 5.95 Å². The molecule has 4 rings (SSSR count). The molecule has 2 aromatic carbocycles. The van der Waals surface area contributed by atoms with Crippen LogP contribution in [0.15, 0.2) is 58.8 Å². The Morgan fingerprint density at radius 1 is 1.19 bits per heavy atom. The highest BCUT2D eigenvalue weighted by atomic mass is 32.2. The number of hydrogen-bond donors (Lipinski definition) is 2. The Kier molecular flexibility index (Phi) is 4.74. The molecule has 1 aliphatic heterocycles. The predicted octanol–water partition coefficient (Wildman–Crippen LogP) is 3.66. The Bertz CT molecular complexity index is 926. The SMILES string of the molecule is C/C(=N\Nc1nc(SCc2ccccc2)n[nH]1)c1ccc2c(c1)OCO2. The highest BCUT2D eigenvalue weighted by molar-refractivity contribution is 7.98. The maximum absolute atomic E-state index is 5.39. The fourth-order valence-corrected chi connectivity index (χ4v) is 3.16. The minimum atomic E-state index is 0.259. The Labute approximate surface area is 154 Å². The third-order valence-corrected chi connectivity index (χ3v) is 4.71. The number of rotatable bonds is 6. The molecule has 0 fully saturated rings. The number of benzene rings is 2. The molecule has 26 heavy (non-hydrogen) atoms. The zero-order valence-corrected chi connectivity index (χ0v) is 14.9. The van der Waals surface area contributed by atoms with Gasteiger partial charge in [0.05, 0.1) is 5.71 Å². The van der Waals surface area contributed by atoms with Crippen molar-refractivity contribution in [2.24, 2.45) is 5.10 Å². The number of nitrogens with one attached hydrogen (secondary N) is 2. The molecule has 0 atom stereocenters. The second-order valence-electron chi connectivity index (χ2n) is 5.62. The Morgan fingerprint density at radius 2 is 2.04 bits per heavy atom. The topological polar surface area (TPSA) is 84.4 Å². The van der Waals surface area contributed by atoms with Gasteiger partial charge in [-0.3, -0.25) is 0 Å². The van der Waals surface area contributed by atoms with E-state index >= 15 is 0 Å². The van der Waals surface area contributed by atoms with Crippen LogP contribution in [0.3, 0.4) is 0 Å². The van der Waals surface area contributed by atoms with Crippen LogP contribution in [-0.2, 0) is 5.75 Å². The zero-order valence-electron chi connectivity index (χ0n) is 14.1. The number of ether oxygens (including phenoxy) is 2.